The molecule has 0 heterocycles. The van der Waals surface area contributed by atoms with Gasteiger partial charge in [0.1, 0.15) is 6.54 Å². The van der Waals surface area contributed by atoms with Gasteiger partial charge in [0.25, 0.3) is 0 Å². The molecule has 0 aromatic rings. The summed E-state index contributed by atoms with van der Waals surface area (Å²) in [5, 5.41) is 30.6. The molecule has 230 valence electrons. The largest absolute Gasteiger partial charge is 0.634 e. The van der Waals surface area contributed by atoms with Crippen LogP contribution in [0.5, 0.6) is 0 Å². The first-order chi connectivity index (χ1) is 18.6. The summed E-state index contributed by atoms with van der Waals surface area (Å²) in [5.41, 5.74) is 0. The minimum atomic E-state index is -1.49. The Kier molecular flexibility index (Phi) is 31.2. The number of nitrogens with one attached hydrogen (secondary N) is 1. The first-order valence-corrected chi connectivity index (χ1v) is 17.5. The highest BCUT2D eigenvalue weighted by Gasteiger charge is 2.14. The number of aliphatic hydroxyl groups excluding tert-OH is 1. The van der Waals surface area contributed by atoms with Gasteiger partial charge in [-0.25, -0.2) is 0 Å². The van der Waals surface area contributed by atoms with E-state index in [1.165, 1.54) is 167 Å². The quantitative estimate of drug-likeness (QED) is 0.0451. The van der Waals surface area contributed by atoms with E-state index >= 15 is 0 Å². The number of rotatable bonds is 32. The average molecular weight is 542 g/mol. The van der Waals surface area contributed by atoms with Crippen molar-refractivity contribution in [3.8, 4) is 0 Å². The normalized spacial score (nSPS) is 13.4. The molecule has 0 aromatic heterocycles. The van der Waals surface area contributed by atoms with Crippen molar-refractivity contribution in [3.05, 3.63) is 5.21 Å². The van der Waals surface area contributed by atoms with Crippen LogP contribution in [0.4, 0.5) is 0 Å². The van der Waals surface area contributed by atoms with Crippen molar-refractivity contribution in [1.82, 2.24) is 0 Å². The Bertz CT molecular complexity index is 432. The highest BCUT2D eigenvalue weighted by Crippen LogP contribution is 2.19. The van der Waals surface area contributed by atoms with Gasteiger partial charge in [0.2, 0.25) is 6.29 Å². The monoisotopic (exact) mass is 542 g/mol. The third-order valence-electron chi connectivity index (χ3n) is 8.36. The van der Waals surface area contributed by atoms with E-state index in [9.17, 15) is 5.21 Å². The number of aliphatic hydroxyl groups is 2. The molecular weight excluding hydrogens is 470 g/mol. The Morgan fingerprint density at radius 3 is 0.947 bits per heavy atom. The fourth-order valence-corrected chi connectivity index (χ4v) is 5.86. The van der Waals surface area contributed by atoms with Crippen LogP contribution in [0, 0.1) is 11.1 Å². The smallest absolute Gasteiger partial charge is 0.202 e. The van der Waals surface area contributed by atoms with Crippen LogP contribution in [0.2, 0.25) is 0 Å². The second-order valence-corrected chi connectivity index (χ2v) is 12.4. The average Bonchev–Trinajstić information content (AvgIpc) is 2.88. The number of quaternary nitrogens is 1. The predicted molar refractivity (Wildman–Crippen MR) is 166 cm³/mol. The molecule has 0 bridgehead atoms. The van der Waals surface area contributed by atoms with Gasteiger partial charge in [0.15, 0.2) is 0 Å². The van der Waals surface area contributed by atoms with Gasteiger partial charge in [-0.3, -0.25) is 0 Å². The summed E-state index contributed by atoms with van der Waals surface area (Å²) < 4.78 is 0. The zero-order valence-corrected chi connectivity index (χ0v) is 26.2. The van der Waals surface area contributed by atoms with Crippen molar-refractivity contribution in [1.29, 1.82) is 0 Å². The molecule has 0 saturated heterocycles. The predicted octanol–water partition coefficient (Wildman–Crippen LogP) is 9.26. The maximum Gasteiger partial charge on any atom is 0.202 e. The zero-order valence-electron chi connectivity index (χ0n) is 26.2. The van der Waals surface area contributed by atoms with Gasteiger partial charge >= 0.3 is 0 Å². The molecule has 0 spiro atoms. The Labute approximate surface area is 239 Å². The van der Waals surface area contributed by atoms with Crippen LogP contribution in [0.25, 0.3) is 0 Å². The van der Waals surface area contributed by atoms with Gasteiger partial charge in [0, 0.05) is 5.92 Å². The highest BCUT2D eigenvalue weighted by atomic mass is 16.5. The second kappa shape index (κ2) is 31.4. The first kappa shape index (κ1) is 37.8. The van der Waals surface area contributed by atoms with Gasteiger partial charge in [-0.15, -0.1) is 0 Å². The van der Waals surface area contributed by atoms with Gasteiger partial charge in [0.05, 0.1) is 6.54 Å². The van der Waals surface area contributed by atoms with E-state index in [0.29, 0.717) is 12.5 Å². The molecule has 0 aromatic carbocycles. The SMILES string of the molecule is CCCCCCCCCCCCCCCCC(CCCCCCCCCCCCCC)C[NH+]([O-])CC(O)O. The van der Waals surface area contributed by atoms with Crippen molar-refractivity contribution in [2.24, 2.45) is 5.92 Å². The molecule has 0 rings (SSSR count). The molecule has 4 heteroatoms. The molecule has 0 aliphatic heterocycles. The van der Waals surface area contributed by atoms with Crippen LogP contribution in [0.1, 0.15) is 194 Å². The zero-order chi connectivity index (χ0) is 27.9. The molecule has 2 unspecified atom stereocenters. The Hall–Kier alpha value is -0.160. The number of hydrogen-bond donors (Lipinski definition) is 3. The summed E-state index contributed by atoms with van der Waals surface area (Å²) in [6.45, 7) is 4.99. The lowest BCUT2D eigenvalue weighted by atomic mass is 9.93. The number of hydrogen-bond acceptors (Lipinski definition) is 3. The topological polar surface area (TPSA) is 68.0 Å². The van der Waals surface area contributed by atoms with Gasteiger partial charge in [-0.2, -0.15) is 0 Å². The summed E-state index contributed by atoms with van der Waals surface area (Å²) in [4.78, 5) is 0. The van der Waals surface area contributed by atoms with E-state index in [2.05, 4.69) is 13.8 Å². The first-order valence-electron chi connectivity index (χ1n) is 17.5. The molecule has 4 nitrogen and oxygen atoms in total. The summed E-state index contributed by atoms with van der Waals surface area (Å²) in [7, 11) is 0. The lowest BCUT2D eigenvalue weighted by molar-refractivity contribution is -0.858. The van der Waals surface area contributed by atoms with Crippen molar-refractivity contribution < 1.29 is 15.3 Å². The van der Waals surface area contributed by atoms with E-state index in [0.717, 1.165) is 12.8 Å². The van der Waals surface area contributed by atoms with Crippen molar-refractivity contribution in [3.63, 3.8) is 0 Å². The number of hydroxylamine groups is 2. The molecule has 2 atom stereocenters. The fraction of sp³-hybridized carbons (Fsp3) is 1.00. The number of unbranched alkanes of at least 4 members (excludes halogenated alkanes) is 24. The lowest BCUT2D eigenvalue weighted by Gasteiger charge is -2.28. The summed E-state index contributed by atoms with van der Waals surface area (Å²) >= 11 is 0. The standard InChI is InChI=1S/C34H71NO3/c1-3-5-7-9-11-13-15-17-18-20-22-24-26-28-30-33(31-35(38)32-34(36)37)29-27-25-23-21-19-16-14-12-10-8-6-4-2/h33-37H,3-32H2,1-2H3. The highest BCUT2D eigenvalue weighted by molar-refractivity contribution is 4.61. The molecule has 0 radical (unpaired) electrons. The minimum Gasteiger partial charge on any atom is -0.634 e. The van der Waals surface area contributed by atoms with E-state index in [4.69, 9.17) is 10.2 Å². The Balaban J connectivity index is 3.78. The Morgan fingerprint density at radius 2 is 0.684 bits per heavy atom. The molecule has 0 saturated carbocycles. The van der Waals surface area contributed by atoms with Crippen LogP contribution >= 0.6 is 0 Å². The van der Waals surface area contributed by atoms with E-state index < -0.39 is 6.29 Å². The van der Waals surface area contributed by atoms with Crippen LogP contribution in [-0.2, 0) is 0 Å². The van der Waals surface area contributed by atoms with E-state index in [1.807, 2.05) is 0 Å². The third kappa shape index (κ3) is 30.4. The van der Waals surface area contributed by atoms with Gasteiger partial charge in [-0.1, -0.05) is 181 Å². The van der Waals surface area contributed by atoms with Crippen LogP contribution in [-0.4, -0.2) is 29.6 Å². The Morgan fingerprint density at radius 1 is 0.421 bits per heavy atom. The lowest BCUT2D eigenvalue weighted by Crippen LogP contribution is -3.09. The summed E-state index contributed by atoms with van der Waals surface area (Å²) in [6, 6.07) is 0. The van der Waals surface area contributed by atoms with Crippen molar-refractivity contribution in [2.45, 2.75) is 200 Å². The van der Waals surface area contributed by atoms with Crippen LogP contribution in [0.3, 0.4) is 0 Å². The van der Waals surface area contributed by atoms with Crippen molar-refractivity contribution in [2.75, 3.05) is 13.1 Å². The molecule has 0 fully saturated rings. The van der Waals surface area contributed by atoms with Gasteiger partial charge < -0.3 is 20.5 Å². The van der Waals surface area contributed by atoms with Crippen LogP contribution < -0.4 is 5.06 Å². The molecule has 0 aliphatic carbocycles. The summed E-state index contributed by atoms with van der Waals surface area (Å²) in [6.07, 6.45) is 36.3. The molecule has 0 aliphatic rings. The third-order valence-corrected chi connectivity index (χ3v) is 8.36. The fourth-order valence-electron chi connectivity index (χ4n) is 5.86. The van der Waals surface area contributed by atoms with E-state index in [-0.39, 0.29) is 11.6 Å². The maximum absolute atomic E-state index is 12.2. The second-order valence-electron chi connectivity index (χ2n) is 12.4. The van der Waals surface area contributed by atoms with E-state index in [1.54, 1.807) is 0 Å². The van der Waals surface area contributed by atoms with Gasteiger partial charge in [-0.05, 0) is 12.8 Å². The van der Waals surface area contributed by atoms with Crippen LogP contribution in [0.15, 0.2) is 0 Å². The minimum absolute atomic E-state index is 0.0225. The molecular formula is C34H71NO3. The molecule has 3 N–H and O–H groups in total. The molecule has 0 amide bonds. The van der Waals surface area contributed by atoms with Crippen molar-refractivity contribution >= 4 is 0 Å². The molecule has 38 heavy (non-hydrogen) atoms. The summed E-state index contributed by atoms with van der Waals surface area (Å²) in [5.74, 6) is 0.432. The maximum atomic E-state index is 12.2.